The predicted molar refractivity (Wildman–Crippen MR) is 112 cm³/mol. The van der Waals surface area contributed by atoms with E-state index < -0.39 is 0 Å². The van der Waals surface area contributed by atoms with Gasteiger partial charge in [0.25, 0.3) is 5.91 Å². The summed E-state index contributed by atoms with van der Waals surface area (Å²) in [7, 11) is 0. The first-order valence-corrected chi connectivity index (χ1v) is 10.5. The minimum absolute atomic E-state index is 0. The second-order valence-electron chi connectivity index (χ2n) is 6.99. The normalized spacial score (nSPS) is 16.1. The van der Waals surface area contributed by atoms with Crippen molar-refractivity contribution in [2.45, 2.75) is 58.5 Å². The number of carbonyl (C=O) groups is 1. The van der Waals surface area contributed by atoms with Crippen molar-refractivity contribution in [2.24, 2.45) is 5.92 Å². The first-order valence-electron chi connectivity index (χ1n) is 9.62. The summed E-state index contributed by atoms with van der Waals surface area (Å²) >= 11 is 1.70. The molecule has 1 aliphatic heterocycles. The number of amides is 1. The number of carbonyl (C=O) groups excluding carboxylic acids is 1. The van der Waals surface area contributed by atoms with E-state index in [1.165, 1.54) is 4.88 Å². The van der Waals surface area contributed by atoms with Crippen LogP contribution < -0.4 is 10.6 Å². The van der Waals surface area contributed by atoms with Crippen LogP contribution in [0.25, 0.3) is 0 Å². The summed E-state index contributed by atoms with van der Waals surface area (Å²) in [6.07, 6.45) is 4.10. The molecule has 1 atom stereocenters. The molecular weight excluding hydrogens is 382 g/mol. The first kappa shape index (κ1) is 21.9. The third-order valence-electron chi connectivity index (χ3n) is 5.45. The highest BCUT2D eigenvalue weighted by atomic mass is 35.5. The molecule has 27 heavy (non-hydrogen) atoms. The van der Waals surface area contributed by atoms with Crippen LogP contribution in [-0.2, 0) is 0 Å². The maximum Gasteiger partial charge on any atom is 0.274 e. The average Bonchev–Trinajstić information content (AvgIpc) is 3.32. The monoisotopic (exact) mass is 411 g/mol. The lowest BCUT2D eigenvalue weighted by Crippen LogP contribution is -2.33. The Bertz CT molecular complexity index is 708. The summed E-state index contributed by atoms with van der Waals surface area (Å²) in [5, 5.41) is 17.2. The van der Waals surface area contributed by atoms with Gasteiger partial charge in [0.05, 0.1) is 17.8 Å². The van der Waals surface area contributed by atoms with Crippen molar-refractivity contribution < 1.29 is 4.79 Å². The van der Waals surface area contributed by atoms with Gasteiger partial charge in [0.2, 0.25) is 0 Å². The maximum atomic E-state index is 13.0. The molecule has 1 fully saturated rings. The van der Waals surface area contributed by atoms with E-state index in [4.69, 9.17) is 0 Å². The molecule has 1 aliphatic rings. The average molecular weight is 412 g/mol. The number of nitrogens with one attached hydrogen (secondary N) is 2. The molecule has 0 aromatic carbocycles. The second-order valence-corrected chi connectivity index (χ2v) is 7.97. The third kappa shape index (κ3) is 4.89. The lowest BCUT2D eigenvalue weighted by Gasteiger charge is -2.25. The number of nitrogens with zero attached hydrogens (tertiary/aromatic N) is 3. The van der Waals surface area contributed by atoms with Crippen LogP contribution in [-0.4, -0.2) is 34.0 Å². The van der Waals surface area contributed by atoms with E-state index in [0.717, 1.165) is 44.5 Å². The zero-order valence-corrected chi connectivity index (χ0v) is 17.9. The molecule has 2 aromatic heterocycles. The molecule has 8 heteroatoms. The highest BCUT2D eigenvalue weighted by Gasteiger charge is 2.27. The SMILES string of the molecule is CCC(CC)C(NC(=O)c1nnn(C2CCNCC2)c1C)c1cccs1.Cl. The minimum Gasteiger partial charge on any atom is -0.343 e. The maximum absolute atomic E-state index is 13.0. The molecule has 2 N–H and O–H groups in total. The zero-order valence-electron chi connectivity index (χ0n) is 16.3. The van der Waals surface area contributed by atoms with E-state index in [-0.39, 0.29) is 24.4 Å². The van der Waals surface area contributed by atoms with Gasteiger partial charge in [0, 0.05) is 4.88 Å². The molecule has 3 rings (SSSR count). The summed E-state index contributed by atoms with van der Waals surface area (Å²) in [6, 6.07) is 4.51. The van der Waals surface area contributed by atoms with Gasteiger partial charge in [0.1, 0.15) is 0 Å². The molecule has 0 bridgehead atoms. The number of hydrogen-bond donors (Lipinski definition) is 2. The highest BCUT2D eigenvalue weighted by Crippen LogP contribution is 2.31. The fourth-order valence-electron chi connectivity index (χ4n) is 3.81. The Hall–Kier alpha value is -1.44. The molecule has 1 saturated heterocycles. The number of rotatable bonds is 7. The van der Waals surface area contributed by atoms with Crippen molar-refractivity contribution in [3.63, 3.8) is 0 Å². The van der Waals surface area contributed by atoms with Crippen LogP contribution in [0.2, 0.25) is 0 Å². The lowest BCUT2D eigenvalue weighted by atomic mass is 9.93. The van der Waals surface area contributed by atoms with Crippen LogP contribution in [0.3, 0.4) is 0 Å². The smallest absolute Gasteiger partial charge is 0.274 e. The van der Waals surface area contributed by atoms with E-state index in [2.05, 4.69) is 46.2 Å². The van der Waals surface area contributed by atoms with Crippen molar-refractivity contribution in [3.8, 4) is 0 Å². The molecule has 2 aromatic rings. The van der Waals surface area contributed by atoms with Gasteiger partial charge < -0.3 is 10.6 Å². The third-order valence-corrected chi connectivity index (χ3v) is 6.41. The van der Waals surface area contributed by atoms with Crippen LogP contribution in [0.4, 0.5) is 0 Å². The van der Waals surface area contributed by atoms with E-state index in [9.17, 15) is 4.79 Å². The van der Waals surface area contributed by atoms with Gasteiger partial charge in [-0.25, -0.2) is 4.68 Å². The summed E-state index contributed by atoms with van der Waals surface area (Å²) in [5.74, 6) is 0.297. The van der Waals surface area contributed by atoms with Crippen LogP contribution in [0.5, 0.6) is 0 Å². The highest BCUT2D eigenvalue weighted by molar-refractivity contribution is 7.10. The van der Waals surface area contributed by atoms with Crippen LogP contribution >= 0.6 is 23.7 Å². The first-order chi connectivity index (χ1) is 12.7. The number of hydrogen-bond acceptors (Lipinski definition) is 5. The molecule has 0 saturated carbocycles. The Labute approximate surface area is 171 Å². The molecule has 1 amide bonds. The fraction of sp³-hybridized carbons (Fsp3) is 0.632. The van der Waals surface area contributed by atoms with Crippen molar-refractivity contribution in [2.75, 3.05) is 13.1 Å². The Morgan fingerprint density at radius 3 is 2.67 bits per heavy atom. The van der Waals surface area contributed by atoms with Gasteiger partial charge in [-0.2, -0.15) is 0 Å². The topological polar surface area (TPSA) is 71.8 Å². The molecule has 150 valence electrons. The standard InChI is InChI=1S/C19H29N5OS.ClH/c1-4-14(5-2)18(16-7-6-12-26-16)21-19(25)17-13(3)24(23-22-17)15-8-10-20-11-9-15;/h6-7,12,14-15,18,20H,4-5,8-11H2,1-3H3,(H,21,25);1H. The summed E-state index contributed by atoms with van der Waals surface area (Å²) in [4.78, 5) is 14.2. The zero-order chi connectivity index (χ0) is 18.5. The summed E-state index contributed by atoms with van der Waals surface area (Å²) in [6.45, 7) is 8.29. The van der Waals surface area contributed by atoms with Gasteiger partial charge in [-0.15, -0.1) is 28.8 Å². The molecule has 0 spiro atoms. The molecule has 6 nitrogen and oxygen atoms in total. The van der Waals surface area contributed by atoms with Gasteiger partial charge in [-0.1, -0.05) is 38.0 Å². The van der Waals surface area contributed by atoms with Gasteiger partial charge in [0.15, 0.2) is 5.69 Å². The van der Waals surface area contributed by atoms with E-state index in [1.54, 1.807) is 11.3 Å². The van der Waals surface area contributed by atoms with Crippen molar-refractivity contribution >= 4 is 29.7 Å². The largest absolute Gasteiger partial charge is 0.343 e. The van der Waals surface area contributed by atoms with Crippen LogP contribution in [0, 0.1) is 12.8 Å². The summed E-state index contributed by atoms with van der Waals surface area (Å²) in [5.41, 5.74) is 1.32. The lowest BCUT2D eigenvalue weighted by molar-refractivity contribution is 0.0914. The molecule has 0 radical (unpaired) electrons. The fourth-order valence-corrected chi connectivity index (χ4v) is 4.68. The minimum atomic E-state index is -0.118. The molecule has 0 aliphatic carbocycles. The molecule has 3 heterocycles. The van der Waals surface area contributed by atoms with Gasteiger partial charge >= 0.3 is 0 Å². The van der Waals surface area contributed by atoms with Crippen LogP contribution in [0.1, 0.15) is 72.7 Å². The Morgan fingerprint density at radius 1 is 1.37 bits per heavy atom. The number of halogens is 1. The Morgan fingerprint density at radius 2 is 2.07 bits per heavy atom. The van der Waals surface area contributed by atoms with Crippen molar-refractivity contribution in [1.29, 1.82) is 0 Å². The van der Waals surface area contributed by atoms with Gasteiger partial charge in [-0.05, 0) is 50.2 Å². The molecular formula is C19H30ClN5OS. The van der Waals surface area contributed by atoms with Gasteiger partial charge in [-0.3, -0.25) is 4.79 Å². The summed E-state index contributed by atoms with van der Waals surface area (Å²) < 4.78 is 1.94. The van der Waals surface area contributed by atoms with E-state index in [0.29, 0.717) is 17.7 Å². The predicted octanol–water partition coefficient (Wildman–Crippen LogP) is 3.90. The van der Waals surface area contributed by atoms with Crippen molar-refractivity contribution in [1.82, 2.24) is 25.6 Å². The number of aromatic nitrogens is 3. The Balaban J connectivity index is 0.00000261. The van der Waals surface area contributed by atoms with Crippen LogP contribution in [0.15, 0.2) is 17.5 Å². The van der Waals surface area contributed by atoms with E-state index >= 15 is 0 Å². The van der Waals surface area contributed by atoms with E-state index in [1.807, 2.05) is 17.7 Å². The molecule has 1 unspecified atom stereocenters. The quantitative estimate of drug-likeness (QED) is 0.724. The Kier molecular flexibility index (Phi) is 8.26. The number of thiophene rings is 1. The van der Waals surface area contributed by atoms with Crippen molar-refractivity contribution in [3.05, 3.63) is 33.8 Å². The second kappa shape index (κ2) is 10.2. The number of piperidine rings is 1.